The van der Waals surface area contributed by atoms with E-state index in [9.17, 15) is 32.0 Å². The minimum atomic E-state index is -4.62. The second-order valence-electron chi connectivity index (χ2n) is 6.90. The van der Waals surface area contributed by atoms with Crippen molar-refractivity contribution in [2.45, 2.75) is 24.0 Å². The topological polar surface area (TPSA) is 108 Å². The molecule has 0 saturated heterocycles. The number of hydrogen-bond acceptors (Lipinski definition) is 4. The van der Waals surface area contributed by atoms with Crippen LogP contribution in [0.1, 0.15) is 31.1 Å². The van der Waals surface area contributed by atoms with Crippen molar-refractivity contribution in [2.24, 2.45) is 0 Å². The van der Waals surface area contributed by atoms with E-state index in [-0.39, 0.29) is 64.0 Å². The van der Waals surface area contributed by atoms with E-state index in [1.54, 1.807) is 0 Å². The van der Waals surface area contributed by atoms with E-state index >= 15 is 0 Å². The third kappa shape index (κ3) is 4.98. The van der Waals surface area contributed by atoms with Crippen LogP contribution in [0.5, 0.6) is 0 Å². The molecule has 2 aromatic carbocycles. The van der Waals surface area contributed by atoms with Crippen LogP contribution in [-0.2, 0) is 17.3 Å². The molecule has 1 aliphatic heterocycles. The van der Waals surface area contributed by atoms with E-state index in [1.165, 1.54) is 38.2 Å². The van der Waals surface area contributed by atoms with Gasteiger partial charge in [-0.1, -0.05) is 12.1 Å². The Balaban J connectivity index is 0.00000289. The van der Waals surface area contributed by atoms with Crippen LogP contribution in [0.4, 0.5) is 23.7 Å². The van der Waals surface area contributed by atoms with Crippen LogP contribution in [-0.4, -0.2) is 26.7 Å². The van der Waals surface area contributed by atoms with Crippen LogP contribution in [0.2, 0.25) is 0 Å². The van der Waals surface area contributed by atoms with Crippen molar-refractivity contribution >= 4 is 22.8 Å². The predicted molar refractivity (Wildman–Crippen MR) is 109 cm³/mol. The molecule has 0 fully saturated rings. The van der Waals surface area contributed by atoms with Crippen LogP contribution in [0.25, 0.3) is 0 Å². The molecule has 2 atom stereocenters. The van der Waals surface area contributed by atoms with Crippen molar-refractivity contribution < 1.29 is 57.7 Å². The first kappa shape index (κ1) is 26.6. The molecule has 166 valence electrons. The van der Waals surface area contributed by atoms with Crippen molar-refractivity contribution in [3.8, 4) is 12.1 Å². The van der Waals surface area contributed by atoms with Crippen molar-refractivity contribution in [1.29, 1.82) is 10.5 Å². The van der Waals surface area contributed by atoms with Crippen LogP contribution in [0, 0.1) is 22.7 Å². The number of carbonyl (C=O) groups excluding carboxylic acids is 1. The number of rotatable bonds is 3. The summed E-state index contributed by atoms with van der Waals surface area (Å²) in [5, 5.41) is 18.9. The molecule has 7 nitrogen and oxygen atoms in total. The zero-order chi connectivity index (χ0) is 23.8. The monoisotopic (exact) mass is 484 g/mol. The summed E-state index contributed by atoms with van der Waals surface area (Å²) in [6, 6.07) is 10.1. The molecule has 0 aliphatic carbocycles. The molecule has 2 amide bonds. The van der Waals surface area contributed by atoms with Crippen molar-refractivity contribution in [3.63, 3.8) is 0 Å². The Hall–Kier alpha value is -2.67. The smallest absolute Gasteiger partial charge is 1.00 e. The average Bonchev–Trinajstić information content (AvgIpc) is 2.75. The van der Waals surface area contributed by atoms with Crippen LogP contribution in [0.3, 0.4) is 0 Å². The van der Waals surface area contributed by atoms with E-state index in [4.69, 9.17) is 5.26 Å². The summed E-state index contributed by atoms with van der Waals surface area (Å²) in [5.74, 6) is 0. The largest absolute Gasteiger partial charge is 1.00 e. The Kier molecular flexibility index (Phi) is 8.12. The second-order valence-corrected chi connectivity index (χ2v) is 7.84. The van der Waals surface area contributed by atoms with Crippen LogP contribution >= 0.6 is 0 Å². The van der Waals surface area contributed by atoms with Gasteiger partial charge in [0.15, 0.2) is 11.1 Å². The molecule has 1 heterocycles. The van der Waals surface area contributed by atoms with Gasteiger partial charge in [-0.15, -0.1) is 0 Å². The average molecular weight is 484 g/mol. The van der Waals surface area contributed by atoms with Crippen LogP contribution < -0.4 is 34.5 Å². The Morgan fingerprint density at radius 2 is 1.82 bits per heavy atom. The summed E-state index contributed by atoms with van der Waals surface area (Å²) in [6.07, 6.45) is -4.62. The number of anilines is 1. The number of urea groups is 1. The van der Waals surface area contributed by atoms with E-state index in [0.717, 1.165) is 28.0 Å². The Morgan fingerprint density at radius 1 is 1.15 bits per heavy atom. The first-order valence-electron chi connectivity index (χ1n) is 9.01. The third-order valence-corrected chi connectivity index (χ3v) is 5.79. The number of alkyl halides is 3. The molecule has 0 bridgehead atoms. The fourth-order valence-electron chi connectivity index (χ4n) is 3.54. The standard InChI is InChI=1S/C21H15F3N4O3S.Na.H/c1-12-17(11-26)19(16-7-6-13(10-25)8-18(16)32(30)31)27(2)20(29)28(12)15-5-3-4-14(9-15)21(22,23)24;;/h3-9,19H,1-2H3,(H,30,31);;/q;+1;-1/t19-;;/m1../s1. The fourth-order valence-corrected chi connectivity index (χ4v) is 4.15. The summed E-state index contributed by atoms with van der Waals surface area (Å²) in [7, 11) is 1.33. The maximum atomic E-state index is 13.2. The quantitative estimate of drug-likeness (QED) is 0.527. The van der Waals surface area contributed by atoms with Gasteiger partial charge in [0, 0.05) is 12.7 Å². The first-order chi connectivity index (χ1) is 15.0. The molecule has 0 radical (unpaired) electrons. The molecular weight excluding hydrogens is 468 g/mol. The van der Waals surface area contributed by atoms with E-state index < -0.39 is 34.9 Å². The predicted octanol–water partition coefficient (Wildman–Crippen LogP) is 1.68. The SMILES string of the molecule is CC1=C(C#N)[C@@H](c2ccc(C#N)cc2S(=O)O)N(C)C(=O)N1c1cccc(C(F)(F)F)c1.[H-].[Na+]. The van der Waals surface area contributed by atoms with Gasteiger partial charge in [0.05, 0.1) is 45.5 Å². The molecule has 1 aliphatic rings. The summed E-state index contributed by atoms with van der Waals surface area (Å²) in [5.41, 5.74) is -0.684. The number of halogens is 3. The third-order valence-electron chi connectivity index (χ3n) is 5.06. The number of allylic oxidation sites excluding steroid dienone is 1. The number of likely N-dealkylation sites (N-methyl/N-ethyl adjacent to an activating group) is 1. The van der Waals surface area contributed by atoms with Crippen molar-refractivity contribution in [3.05, 3.63) is 70.4 Å². The normalized spacial score (nSPS) is 17.2. The van der Waals surface area contributed by atoms with Gasteiger partial charge >= 0.3 is 41.8 Å². The summed E-state index contributed by atoms with van der Waals surface area (Å²) in [4.78, 5) is 15.1. The van der Waals surface area contributed by atoms with Gasteiger partial charge in [-0.25, -0.2) is 9.00 Å². The zero-order valence-corrected chi connectivity index (χ0v) is 20.5. The van der Waals surface area contributed by atoms with Crippen LogP contribution in [0.15, 0.2) is 58.6 Å². The number of benzene rings is 2. The van der Waals surface area contributed by atoms with Gasteiger partial charge in [-0.05, 0) is 42.8 Å². The Bertz CT molecular complexity index is 1260. The number of nitriles is 2. The molecule has 3 rings (SSSR count). The second kappa shape index (κ2) is 10.1. The number of hydrogen-bond donors (Lipinski definition) is 1. The van der Waals surface area contributed by atoms with Gasteiger partial charge in [-0.2, -0.15) is 23.7 Å². The summed E-state index contributed by atoms with van der Waals surface area (Å²) in [6.45, 7) is 1.41. The Morgan fingerprint density at radius 3 is 2.36 bits per heavy atom. The van der Waals surface area contributed by atoms with E-state index in [2.05, 4.69) is 0 Å². The summed E-state index contributed by atoms with van der Waals surface area (Å²) >= 11 is -2.53. The fraction of sp³-hybridized carbons (Fsp3) is 0.190. The molecular formula is C21H16F3N4NaO3S. The minimum Gasteiger partial charge on any atom is -1.00 e. The molecule has 0 aromatic heterocycles. The number of amides is 2. The maximum absolute atomic E-state index is 13.2. The number of carbonyl (C=O) groups is 1. The molecule has 0 saturated carbocycles. The van der Waals surface area contributed by atoms with E-state index in [0.29, 0.717) is 0 Å². The molecule has 2 aromatic rings. The molecule has 0 spiro atoms. The van der Waals surface area contributed by atoms with Crippen molar-refractivity contribution in [1.82, 2.24) is 4.90 Å². The minimum absolute atomic E-state index is 0. The molecule has 1 unspecified atom stereocenters. The van der Waals surface area contributed by atoms with E-state index in [1.807, 2.05) is 12.1 Å². The zero-order valence-electron chi connectivity index (χ0n) is 18.7. The number of nitrogens with zero attached hydrogens (tertiary/aromatic N) is 4. The van der Waals surface area contributed by atoms with Crippen molar-refractivity contribution in [2.75, 3.05) is 11.9 Å². The Labute approximate surface area is 213 Å². The maximum Gasteiger partial charge on any atom is 1.00 e. The first-order valence-corrected chi connectivity index (χ1v) is 10.1. The molecule has 1 N–H and O–H groups in total. The van der Waals surface area contributed by atoms with Gasteiger partial charge in [-0.3, -0.25) is 4.90 Å². The van der Waals surface area contributed by atoms with Gasteiger partial charge in [0.1, 0.15) is 0 Å². The van der Waals surface area contributed by atoms with Gasteiger partial charge in [0.2, 0.25) is 0 Å². The summed E-state index contributed by atoms with van der Waals surface area (Å²) < 4.78 is 61.1. The molecule has 33 heavy (non-hydrogen) atoms. The van der Waals surface area contributed by atoms with Gasteiger partial charge < -0.3 is 10.9 Å². The van der Waals surface area contributed by atoms with Gasteiger partial charge in [0.25, 0.3) is 0 Å². The molecule has 12 heteroatoms.